The van der Waals surface area contributed by atoms with Gasteiger partial charge >= 0.3 is 0 Å². The molecule has 4 aromatic carbocycles. The normalized spacial score (nSPS) is 13.5. The van der Waals surface area contributed by atoms with Crippen molar-refractivity contribution in [1.82, 2.24) is 4.98 Å². The molecule has 206 valence electrons. The number of rotatable bonds is 2. The van der Waals surface area contributed by atoms with Crippen LogP contribution in [0.3, 0.4) is 0 Å². The molecule has 0 atom stereocenters. The first-order valence-corrected chi connectivity index (χ1v) is 14.6. The van der Waals surface area contributed by atoms with Crippen molar-refractivity contribution < 1.29 is 8.81 Å². The number of benzene rings is 3. The first kappa shape index (κ1) is 27.1. The lowest BCUT2D eigenvalue weighted by Crippen LogP contribution is -2.34. The Bertz CT molecular complexity index is 2200. The van der Waals surface area contributed by atoms with Gasteiger partial charge in [-0.1, -0.05) is 71.0 Å². The molecule has 1 aliphatic carbocycles. The molecule has 0 unspecified atom stereocenters. The van der Waals surface area contributed by atoms with Gasteiger partial charge in [-0.3, -0.25) is 4.98 Å². The molecular formula is C37H29B2FN2O. The number of hydrogen-bond acceptors (Lipinski definition) is 3. The lowest BCUT2D eigenvalue weighted by molar-refractivity contribution is 0.529. The van der Waals surface area contributed by atoms with Gasteiger partial charge in [-0.15, -0.1) is 0 Å². The van der Waals surface area contributed by atoms with Crippen LogP contribution in [-0.4, -0.2) is 20.7 Å². The fraction of sp³-hybridized carbons (Fsp3) is 0.189. The average Bonchev–Trinajstić information content (AvgIpc) is 3.46. The molecule has 0 radical (unpaired) electrons. The van der Waals surface area contributed by atoms with Gasteiger partial charge in [-0.2, -0.15) is 5.26 Å². The number of aromatic nitrogens is 1. The molecule has 0 aliphatic heterocycles. The molecule has 3 nitrogen and oxygen atoms in total. The maximum atomic E-state index is 15.9. The summed E-state index contributed by atoms with van der Waals surface area (Å²) in [6, 6.07) is 28.9. The van der Waals surface area contributed by atoms with Crippen LogP contribution in [0.5, 0.6) is 0 Å². The highest BCUT2D eigenvalue weighted by Gasteiger charge is 2.36. The molecule has 0 fully saturated rings. The van der Waals surface area contributed by atoms with Gasteiger partial charge in [0.05, 0.1) is 17.3 Å². The maximum Gasteiger partial charge on any atom is 0.164 e. The Morgan fingerprint density at radius 3 is 2.47 bits per heavy atom. The Kier molecular flexibility index (Phi) is 5.72. The molecular weight excluding hydrogens is 529 g/mol. The number of fused-ring (bicyclic) bond motifs is 6. The molecule has 43 heavy (non-hydrogen) atoms. The smallest absolute Gasteiger partial charge is 0.164 e. The fourth-order valence-electron chi connectivity index (χ4n) is 7.01. The van der Waals surface area contributed by atoms with E-state index in [4.69, 9.17) is 9.40 Å². The topological polar surface area (TPSA) is 49.8 Å². The van der Waals surface area contributed by atoms with Crippen LogP contribution in [0.15, 0.2) is 65.1 Å². The van der Waals surface area contributed by atoms with Crippen LogP contribution >= 0.6 is 0 Å². The number of hydrogen-bond donors (Lipinski definition) is 0. The maximum absolute atomic E-state index is 15.9. The van der Waals surface area contributed by atoms with Gasteiger partial charge in [0.2, 0.25) is 0 Å². The molecule has 0 saturated heterocycles. The van der Waals surface area contributed by atoms with Crippen LogP contribution in [0, 0.1) is 29.3 Å². The van der Waals surface area contributed by atoms with E-state index in [1.807, 2.05) is 65.0 Å². The summed E-state index contributed by atoms with van der Waals surface area (Å²) in [6.45, 7) is 10.4. The zero-order valence-corrected chi connectivity index (χ0v) is 25.5. The molecule has 0 amide bonds. The van der Waals surface area contributed by atoms with Gasteiger partial charge in [-0.25, -0.2) is 4.39 Å². The minimum absolute atomic E-state index is 0.229. The van der Waals surface area contributed by atoms with E-state index < -0.39 is 0 Å². The molecule has 0 spiro atoms. The minimum atomic E-state index is -0.374. The molecule has 0 N–H and O–H groups in total. The summed E-state index contributed by atoms with van der Waals surface area (Å²) in [4.78, 5) is 4.92. The average molecular weight is 558 g/mol. The monoisotopic (exact) mass is 558 g/mol. The second-order valence-electron chi connectivity index (χ2n) is 13.1. The predicted molar refractivity (Wildman–Crippen MR) is 177 cm³/mol. The number of halogens is 1. The Morgan fingerprint density at radius 2 is 1.72 bits per heavy atom. The Labute approximate surface area is 253 Å². The van der Waals surface area contributed by atoms with Gasteiger partial charge in [0.1, 0.15) is 24.8 Å². The van der Waals surface area contributed by atoms with Crippen LogP contribution in [0.1, 0.15) is 56.9 Å². The molecule has 7 rings (SSSR count). The van der Waals surface area contributed by atoms with E-state index in [0.717, 1.165) is 33.0 Å². The zero-order valence-electron chi connectivity index (χ0n) is 25.5. The second kappa shape index (κ2) is 9.10. The lowest BCUT2D eigenvalue weighted by Gasteiger charge is -2.24. The van der Waals surface area contributed by atoms with Crippen LogP contribution in [0.25, 0.3) is 55.4 Å². The predicted octanol–water partition coefficient (Wildman–Crippen LogP) is 6.05. The number of nitriles is 1. The number of para-hydroxylation sites is 1. The molecule has 0 bridgehead atoms. The highest BCUT2D eigenvalue weighted by atomic mass is 19.1. The standard InChI is InChI=1S/C37H29B2FN2O/c1-36(2,3)29-31(40)30(38)32(42-35(29)39)25-11-8-10-23-24-16-14-20(18-41)28(34(24)43-33(23)25)19-13-15-22-21-9-6-7-12-26(21)37(4,5)27(22)17-19/h6,8-11,13-17H,38-39H2,1-5H3. The first-order chi connectivity index (χ1) is 20.4. The fourth-order valence-corrected chi connectivity index (χ4v) is 7.01. The van der Waals surface area contributed by atoms with Crippen molar-refractivity contribution in [1.29, 1.82) is 5.26 Å². The third kappa shape index (κ3) is 3.80. The van der Waals surface area contributed by atoms with Crippen LogP contribution in [0.4, 0.5) is 4.39 Å². The van der Waals surface area contributed by atoms with Crippen LogP contribution < -0.4 is 11.1 Å². The Hall–Kier alpha value is -4.80. The van der Waals surface area contributed by atoms with E-state index in [1.54, 1.807) is 7.85 Å². The van der Waals surface area contributed by atoms with E-state index in [2.05, 4.69) is 56.3 Å². The van der Waals surface area contributed by atoms with E-state index >= 15 is 4.39 Å². The van der Waals surface area contributed by atoms with Crippen molar-refractivity contribution in [2.45, 2.75) is 45.4 Å². The lowest BCUT2D eigenvalue weighted by atomic mass is 9.76. The minimum Gasteiger partial charge on any atom is -0.455 e. The zero-order chi connectivity index (χ0) is 30.4. The van der Waals surface area contributed by atoms with Crippen molar-refractivity contribution in [3.8, 4) is 39.6 Å². The Morgan fingerprint density at radius 1 is 0.953 bits per heavy atom. The van der Waals surface area contributed by atoms with E-state index in [9.17, 15) is 5.26 Å². The first-order valence-electron chi connectivity index (χ1n) is 14.6. The number of furan rings is 1. The largest absolute Gasteiger partial charge is 0.455 e. The third-order valence-corrected chi connectivity index (χ3v) is 9.03. The molecule has 0 saturated carbocycles. The van der Waals surface area contributed by atoms with Crippen molar-refractivity contribution in [3.05, 3.63) is 101 Å². The summed E-state index contributed by atoms with van der Waals surface area (Å²) in [5.74, 6) is -0.229. The highest BCUT2D eigenvalue weighted by molar-refractivity contribution is 6.38. The molecule has 1 aliphatic rings. The second-order valence-corrected chi connectivity index (χ2v) is 13.1. The van der Waals surface area contributed by atoms with Gasteiger partial charge in [0, 0.05) is 44.0 Å². The van der Waals surface area contributed by atoms with Crippen LogP contribution in [0.2, 0.25) is 0 Å². The SMILES string of the molecule is Bc1nc(-c2cccc3c2oc2c(-c4ccc5c(c4)C(C)(C)c4c#cccc4-5)c(C#N)ccc23)c(B)c(F)c1C(C)(C)C. The van der Waals surface area contributed by atoms with E-state index in [1.165, 1.54) is 16.7 Å². The third-order valence-electron chi connectivity index (χ3n) is 9.03. The van der Waals surface area contributed by atoms with E-state index in [-0.39, 0.29) is 16.6 Å². The van der Waals surface area contributed by atoms with Crippen molar-refractivity contribution in [3.63, 3.8) is 0 Å². The molecule has 6 aromatic rings. The summed E-state index contributed by atoms with van der Waals surface area (Å²) in [5, 5.41) is 12.0. The number of pyridine rings is 1. The van der Waals surface area contributed by atoms with Crippen LogP contribution in [-0.2, 0) is 10.8 Å². The quantitative estimate of drug-likeness (QED) is 0.244. The summed E-state index contributed by atoms with van der Waals surface area (Å²) >= 11 is 0. The molecule has 2 aromatic heterocycles. The van der Waals surface area contributed by atoms with Gasteiger partial charge in [-0.05, 0) is 69.5 Å². The Balaban J connectivity index is 1.48. The number of nitrogens with zero attached hydrogens (tertiary/aromatic N) is 2. The van der Waals surface area contributed by atoms with Crippen molar-refractivity contribution in [2.24, 2.45) is 0 Å². The van der Waals surface area contributed by atoms with Gasteiger partial charge in [0.25, 0.3) is 0 Å². The summed E-state index contributed by atoms with van der Waals surface area (Å²) in [6.07, 6.45) is 0. The summed E-state index contributed by atoms with van der Waals surface area (Å²) < 4.78 is 22.6. The highest BCUT2D eigenvalue weighted by Crippen LogP contribution is 2.50. The van der Waals surface area contributed by atoms with Gasteiger partial charge in [0.15, 0.2) is 7.85 Å². The molecule has 6 heteroatoms. The van der Waals surface area contributed by atoms with Crippen molar-refractivity contribution in [2.75, 3.05) is 0 Å². The molecule has 2 heterocycles. The van der Waals surface area contributed by atoms with Crippen molar-refractivity contribution >= 4 is 48.7 Å². The van der Waals surface area contributed by atoms with E-state index in [0.29, 0.717) is 39.0 Å². The summed E-state index contributed by atoms with van der Waals surface area (Å²) in [5.41, 5.74) is 10.6. The van der Waals surface area contributed by atoms with Gasteiger partial charge < -0.3 is 4.42 Å². The summed E-state index contributed by atoms with van der Waals surface area (Å²) in [7, 11) is 3.65.